The molecule has 2 nitrogen and oxygen atoms in total. The first kappa shape index (κ1) is 15.2. The van der Waals surface area contributed by atoms with E-state index in [0.29, 0.717) is 24.6 Å². The highest BCUT2D eigenvalue weighted by Gasteiger charge is 2.33. The molecule has 0 spiro atoms. The monoisotopic (exact) mass is 275 g/mol. The molecule has 0 bridgehead atoms. The Morgan fingerprint density at radius 2 is 2.05 bits per heavy atom. The molecule has 1 N–H and O–H groups in total. The fourth-order valence-electron chi connectivity index (χ4n) is 1.42. The summed E-state index contributed by atoms with van der Waals surface area (Å²) in [5, 5.41) is 2.56. The number of nitrogens with one attached hydrogen (secondary N) is 1. The highest BCUT2D eigenvalue weighted by Crippen LogP contribution is 2.31. The van der Waals surface area contributed by atoms with Crippen LogP contribution < -0.4 is 5.32 Å². The third kappa shape index (κ3) is 5.11. The molecule has 19 heavy (non-hydrogen) atoms. The average molecular weight is 275 g/mol. The number of amides is 1. The van der Waals surface area contributed by atoms with Gasteiger partial charge in [0, 0.05) is 13.5 Å². The second-order valence-electron chi connectivity index (χ2n) is 3.91. The minimum Gasteiger partial charge on any atom is -0.356 e. The van der Waals surface area contributed by atoms with Crippen LogP contribution in [0.25, 0.3) is 6.08 Å². The lowest BCUT2D eigenvalue weighted by Gasteiger charge is -2.07. The number of carbonyl (C=O) groups excluding carboxylic acids is 1. The number of hydrogen-bond acceptors (Lipinski definition) is 1. The van der Waals surface area contributed by atoms with E-state index in [1.807, 2.05) is 0 Å². The topological polar surface area (TPSA) is 29.1 Å². The molecular weight excluding hydrogens is 262 g/mol. The van der Waals surface area contributed by atoms with Crippen LogP contribution in [0.15, 0.2) is 24.3 Å². The minimum atomic E-state index is -4.68. The van der Waals surface area contributed by atoms with Crippen LogP contribution in [0.2, 0.25) is 0 Å². The van der Waals surface area contributed by atoms with Crippen LogP contribution in [-0.4, -0.2) is 12.5 Å². The van der Waals surface area contributed by atoms with Crippen molar-refractivity contribution in [2.45, 2.75) is 19.5 Å². The molecule has 0 fully saturated rings. The van der Waals surface area contributed by atoms with E-state index < -0.39 is 17.6 Å². The van der Waals surface area contributed by atoms with Gasteiger partial charge in [-0.05, 0) is 24.1 Å². The predicted molar refractivity (Wildman–Crippen MR) is 63.7 cm³/mol. The Hall–Kier alpha value is -1.85. The van der Waals surface area contributed by atoms with E-state index in [9.17, 15) is 22.4 Å². The lowest BCUT2D eigenvalue weighted by Crippen LogP contribution is -2.20. The summed E-state index contributed by atoms with van der Waals surface area (Å²) >= 11 is 0. The molecule has 6 heteroatoms. The maximum absolute atomic E-state index is 13.2. The maximum atomic E-state index is 13.2. The van der Waals surface area contributed by atoms with Crippen LogP contribution in [0.4, 0.5) is 17.6 Å². The quantitative estimate of drug-likeness (QED) is 0.662. The number of carbonyl (C=O) groups is 1. The van der Waals surface area contributed by atoms with Gasteiger partial charge in [0.15, 0.2) is 0 Å². The van der Waals surface area contributed by atoms with Crippen molar-refractivity contribution in [3.8, 4) is 0 Å². The zero-order valence-corrected chi connectivity index (χ0v) is 10.2. The zero-order chi connectivity index (χ0) is 14.5. The molecule has 1 amide bonds. The first-order chi connectivity index (χ1) is 8.80. The highest BCUT2D eigenvalue weighted by molar-refractivity contribution is 5.72. The molecule has 0 atom stereocenters. The molecule has 0 saturated heterocycles. The highest BCUT2D eigenvalue weighted by atomic mass is 19.4. The fourth-order valence-corrected chi connectivity index (χ4v) is 1.42. The molecule has 1 rings (SSSR count). The van der Waals surface area contributed by atoms with E-state index in [1.54, 1.807) is 6.08 Å². The van der Waals surface area contributed by atoms with E-state index in [-0.39, 0.29) is 5.91 Å². The molecule has 0 radical (unpaired) electrons. The summed E-state index contributed by atoms with van der Waals surface area (Å²) in [5.74, 6) is -1.45. The van der Waals surface area contributed by atoms with Crippen molar-refractivity contribution in [2.24, 2.45) is 0 Å². The molecule has 0 aliphatic carbocycles. The van der Waals surface area contributed by atoms with Gasteiger partial charge in [0.25, 0.3) is 0 Å². The van der Waals surface area contributed by atoms with Gasteiger partial charge in [0.05, 0.1) is 5.56 Å². The van der Waals surface area contributed by atoms with Crippen LogP contribution in [0.3, 0.4) is 0 Å². The SMILES string of the molecule is CC(=O)NCCC=Cc1ccc(C(F)(F)F)c(F)c1. The van der Waals surface area contributed by atoms with E-state index in [2.05, 4.69) is 5.32 Å². The lowest BCUT2D eigenvalue weighted by molar-refractivity contribution is -0.140. The number of benzene rings is 1. The number of alkyl halides is 3. The van der Waals surface area contributed by atoms with Gasteiger partial charge in [-0.2, -0.15) is 13.2 Å². The largest absolute Gasteiger partial charge is 0.419 e. The second-order valence-corrected chi connectivity index (χ2v) is 3.91. The maximum Gasteiger partial charge on any atom is 0.419 e. The summed E-state index contributed by atoms with van der Waals surface area (Å²) in [5.41, 5.74) is -0.934. The number of hydrogen-bond donors (Lipinski definition) is 1. The Labute approximate surface area is 108 Å². The van der Waals surface area contributed by atoms with Gasteiger partial charge >= 0.3 is 6.18 Å². The van der Waals surface area contributed by atoms with Crippen LogP contribution in [0.5, 0.6) is 0 Å². The van der Waals surface area contributed by atoms with E-state index in [0.717, 1.165) is 6.07 Å². The molecule has 104 valence electrons. The number of rotatable bonds is 4. The molecule has 0 aliphatic rings. The minimum absolute atomic E-state index is 0.158. The van der Waals surface area contributed by atoms with Crippen LogP contribution in [0, 0.1) is 5.82 Å². The molecular formula is C13H13F4NO. The molecule has 1 aromatic rings. The molecule has 1 aromatic carbocycles. The molecule has 0 saturated carbocycles. The molecule has 0 heterocycles. The third-order valence-corrected chi connectivity index (χ3v) is 2.29. The average Bonchev–Trinajstić information content (AvgIpc) is 2.26. The van der Waals surface area contributed by atoms with E-state index in [4.69, 9.17) is 0 Å². The third-order valence-electron chi connectivity index (χ3n) is 2.29. The van der Waals surface area contributed by atoms with Gasteiger partial charge in [-0.25, -0.2) is 4.39 Å². The van der Waals surface area contributed by atoms with Crippen molar-refractivity contribution >= 4 is 12.0 Å². The summed E-state index contributed by atoms with van der Waals surface area (Å²) in [6, 6.07) is 2.74. The Morgan fingerprint density at radius 3 is 2.58 bits per heavy atom. The summed E-state index contributed by atoms with van der Waals surface area (Å²) in [7, 11) is 0. The lowest BCUT2D eigenvalue weighted by atomic mass is 10.1. The van der Waals surface area contributed by atoms with Crippen molar-refractivity contribution in [3.63, 3.8) is 0 Å². The molecule has 0 aliphatic heterocycles. The first-order valence-corrected chi connectivity index (χ1v) is 5.58. The van der Waals surface area contributed by atoms with Crippen molar-refractivity contribution < 1.29 is 22.4 Å². The van der Waals surface area contributed by atoms with Gasteiger partial charge in [0.2, 0.25) is 5.91 Å². The Morgan fingerprint density at radius 1 is 1.37 bits per heavy atom. The summed E-state index contributed by atoms with van der Waals surface area (Å²) in [4.78, 5) is 10.6. The van der Waals surface area contributed by atoms with Gasteiger partial charge < -0.3 is 5.32 Å². The zero-order valence-electron chi connectivity index (χ0n) is 10.2. The van der Waals surface area contributed by atoms with Crippen LogP contribution in [-0.2, 0) is 11.0 Å². The van der Waals surface area contributed by atoms with Crippen molar-refractivity contribution in [2.75, 3.05) is 6.54 Å². The Kier molecular flexibility index (Phi) is 5.09. The van der Waals surface area contributed by atoms with Crippen LogP contribution >= 0.6 is 0 Å². The van der Waals surface area contributed by atoms with Gasteiger partial charge in [-0.1, -0.05) is 18.2 Å². The summed E-state index contributed by atoms with van der Waals surface area (Å²) in [6.45, 7) is 1.81. The first-order valence-electron chi connectivity index (χ1n) is 5.58. The smallest absolute Gasteiger partial charge is 0.356 e. The van der Waals surface area contributed by atoms with E-state index >= 15 is 0 Å². The number of halogens is 4. The predicted octanol–water partition coefficient (Wildman–Crippen LogP) is 3.38. The second kappa shape index (κ2) is 6.36. The molecule has 0 aromatic heterocycles. The van der Waals surface area contributed by atoms with Gasteiger partial charge in [-0.15, -0.1) is 0 Å². The summed E-state index contributed by atoms with van der Waals surface area (Å²) in [6.07, 6.45) is -1.01. The van der Waals surface area contributed by atoms with Gasteiger partial charge in [-0.3, -0.25) is 4.79 Å². The van der Waals surface area contributed by atoms with Crippen molar-refractivity contribution in [1.29, 1.82) is 0 Å². The Bertz CT molecular complexity index is 480. The summed E-state index contributed by atoms with van der Waals surface area (Å²) < 4.78 is 50.1. The van der Waals surface area contributed by atoms with Crippen molar-refractivity contribution in [3.05, 3.63) is 41.2 Å². The fraction of sp³-hybridized carbons (Fsp3) is 0.308. The van der Waals surface area contributed by atoms with Crippen LogP contribution in [0.1, 0.15) is 24.5 Å². The standard InChI is InChI=1S/C13H13F4NO/c1-9(19)18-7-3-2-4-10-5-6-11(12(14)8-10)13(15,16)17/h2,4-6,8H,3,7H2,1H3,(H,18,19). The van der Waals surface area contributed by atoms with E-state index in [1.165, 1.54) is 19.1 Å². The van der Waals surface area contributed by atoms with Crippen molar-refractivity contribution in [1.82, 2.24) is 5.32 Å². The normalized spacial score (nSPS) is 11.8. The van der Waals surface area contributed by atoms with Gasteiger partial charge in [0.1, 0.15) is 5.82 Å². The molecule has 0 unspecified atom stereocenters. The Balaban J connectivity index is 2.64.